The number of rotatable bonds is 6. The Bertz CT molecular complexity index is 390. The summed E-state index contributed by atoms with van der Waals surface area (Å²) in [6.45, 7) is 5.54. The number of nitrogens with zero attached hydrogens (tertiary/aromatic N) is 1. The number of nitrogens with one attached hydrogen (secondary N) is 1. The molecule has 1 aromatic carbocycles. The van der Waals surface area contributed by atoms with E-state index in [0.717, 1.165) is 36.6 Å². The van der Waals surface area contributed by atoms with Gasteiger partial charge in [-0.05, 0) is 43.5 Å². The van der Waals surface area contributed by atoms with Crippen LogP contribution in [0.25, 0.3) is 0 Å². The predicted octanol–water partition coefficient (Wildman–Crippen LogP) is 3.94. The SMILES string of the molecule is CC1CCCCC1NCCN(C)Cc1ccc(Cl)cc1. The summed E-state index contributed by atoms with van der Waals surface area (Å²) >= 11 is 5.91. The molecular weight excluding hydrogens is 268 g/mol. The largest absolute Gasteiger partial charge is 0.312 e. The average Bonchev–Trinajstić information content (AvgIpc) is 2.43. The van der Waals surface area contributed by atoms with Gasteiger partial charge in [0.2, 0.25) is 0 Å². The molecule has 1 fully saturated rings. The van der Waals surface area contributed by atoms with E-state index in [4.69, 9.17) is 11.6 Å². The number of halogens is 1. The molecule has 1 aromatic rings. The van der Waals surface area contributed by atoms with Crippen molar-refractivity contribution in [1.29, 1.82) is 0 Å². The zero-order valence-corrected chi connectivity index (χ0v) is 13.5. The molecule has 3 heteroatoms. The number of likely N-dealkylation sites (N-methyl/N-ethyl adjacent to an activating group) is 1. The molecule has 0 aliphatic heterocycles. The van der Waals surface area contributed by atoms with E-state index in [1.54, 1.807) is 0 Å². The van der Waals surface area contributed by atoms with Gasteiger partial charge in [0, 0.05) is 30.7 Å². The van der Waals surface area contributed by atoms with Crippen LogP contribution in [0.5, 0.6) is 0 Å². The van der Waals surface area contributed by atoms with Gasteiger partial charge in [-0.1, -0.05) is 43.5 Å². The molecule has 1 N–H and O–H groups in total. The third-order valence-electron chi connectivity index (χ3n) is 4.38. The average molecular weight is 295 g/mol. The first-order valence-corrected chi connectivity index (χ1v) is 8.19. The number of hydrogen-bond acceptors (Lipinski definition) is 2. The van der Waals surface area contributed by atoms with Gasteiger partial charge in [-0.2, -0.15) is 0 Å². The molecule has 1 aliphatic rings. The van der Waals surface area contributed by atoms with Gasteiger partial charge in [-0.3, -0.25) is 0 Å². The maximum absolute atomic E-state index is 5.91. The van der Waals surface area contributed by atoms with Gasteiger partial charge >= 0.3 is 0 Å². The minimum Gasteiger partial charge on any atom is -0.312 e. The Morgan fingerprint density at radius 1 is 1.20 bits per heavy atom. The van der Waals surface area contributed by atoms with Crippen molar-refractivity contribution in [2.45, 2.75) is 45.2 Å². The van der Waals surface area contributed by atoms with E-state index in [2.05, 4.69) is 36.3 Å². The third-order valence-corrected chi connectivity index (χ3v) is 4.63. The summed E-state index contributed by atoms with van der Waals surface area (Å²) in [4.78, 5) is 2.36. The highest BCUT2D eigenvalue weighted by molar-refractivity contribution is 6.30. The van der Waals surface area contributed by atoms with Gasteiger partial charge < -0.3 is 10.2 Å². The van der Waals surface area contributed by atoms with Gasteiger partial charge in [0.1, 0.15) is 0 Å². The lowest BCUT2D eigenvalue weighted by Gasteiger charge is -2.30. The van der Waals surface area contributed by atoms with Crippen LogP contribution in [0.2, 0.25) is 5.02 Å². The Kier molecular flexibility index (Phi) is 6.34. The van der Waals surface area contributed by atoms with E-state index in [1.165, 1.54) is 31.2 Å². The lowest BCUT2D eigenvalue weighted by atomic mass is 9.86. The molecule has 2 unspecified atom stereocenters. The highest BCUT2D eigenvalue weighted by atomic mass is 35.5. The second-order valence-electron chi connectivity index (χ2n) is 6.19. The molecule has 1 saturated carbocycles. The lowest BCUT2D eigenvalue weighted by Crippen LogP contribution is -2.40. The van der Waals surface area contributed by atoms with E-state index in [9.17, 15) is 0 Å². The first-order chi connectivity index (χ1) is 9.65. The van der Waals surface area contributed by atoms with Crippen molar-refractivity contribution in [2.24, 2.45) is 5.92 Å². The van der Waals surface area contributed by atoms with Crippen molar-refractivity contribution in [3.63, 3.8) is 0 Å². The van der Waals surface area contributed by atoms with E-state index in [0.29, 0.717) is 0 Å². The molecular formula is C17H27ClN2. The van der Waals surface area contributed by atoms with Crippen molar-refractivity contribution in [2.75, 3.05) is 20.1 Å². The Balaban J connectivity index is 1.67. The predicted molar refractivity (Wildman–Crippen MR) is 87.2 cm³/mol. The Morgan fingerprint density at radius 2 is 1.90 bits per heavy atom. The minimum absolute atomic E-state index is 0.729. The summed E-state index contributed by atoms with van der Waals surface area (Å²) in [5.41, 5.74) is 1.32. The standard InChI is InChI=1S/C17H27ClN2/c1-14-5-3-4-6-17(14)19-11-12-20(2)13-15-7-9-16(18)10-8-15/h7-10,14,17,19H,3-6,11-13H2,1-2H3. The van der Waals surface area contributed by atoms with E-state index >= 15 is 0 Å². The fourth-order valence-corrected chi connectivity index (χ4v) is 3.17. The minimum atomic E-state index is 0.729. The molecule has 0 radical (unpaired) electrons. The first kappa shape index (κ1) is 15.8. The number of hydrogen-bond donors (Lipinski definition) is 1. The highest BCUT2D eigenvalue weighted by Crippen LogP contribution is 2.23. The number of benzene rings is 1. The summed E-state index contributed by atoms with van der Waals surface area (Å²) in [5.74, 6) is 0.838. The van der Waals surface area contributed by atoms with Gasteiger partial charge in [0.25, 0.3) is 0 Å². The first-order valence-electron chi connectivity index (χ1n) is 7.81. The molecule has 0 heterocycles. The molecule has 112 valence electrons. The van der Waals surface area contributed by atoms with Crippen LogP contribution in [-0.4, -0.2) is 31.1 Å². The van der Waals surface area contributed by atoms with Crippen molar-refractivity contribution in [1.82, 2.24) is 10.2 Å². The van der Waals surface area contributed by atoms with E-state index < -0.39 is 0 Å². The third kappa shape index (κ3) is 5.08. The maximum Gasteiger partial charge on any atom is 0.0406 e. The fourth-order valence-electron chi connectivity index (χ4n) is 3.04. The summed E-state index contributed by atoms with van der Waals surface area (Å²) in [7, 11) is 2.18. The second kappa shape index (κ2) is 8.02. The molecule has 1 aliphatic carbocycles. The van der Waals surface area contributed by atoms with Gasteiger partial charge in [-0.15, -0.1) is 0 Å². The zero-order chi connectivity index (χ0) is 14.4. The van der Waals surface area contributed by atoms with Gasteiger partial charge in [0.15, 0.2) is 0 Å². The quantitative estimate of drug-likeness (QED) is 0.855. The summed E-state index contributed by atoms with van der Waals surface area (Å²) < 4.78 is 0. The topological polar surface area (TPSA) is 15.3 Å². The summed E-state index contributed by atoms with van der Waals surface area (Å²) in [6.07, 6.45) is 5.54. The van der Waals surface area contributed by atoms with Crippen LogP contribution >= 0.6 is 11.6 Å². The van der Waals surface area contributed by atoms with Gasteiger partial charge in [-0.25, -0.2) is 0 Å². The second-order valence-corrected chi connectivity index (χ2v) is 6.62. The Hall–Kier alpha value is -0.570. The molecule has 0 amide bonds. The zero-order valence-electron chi connectivity index (χ0n) is 12.7. The van der Waals surface area contributed by atoms with E-state index in [-0.39, 0.29) is 0 Å². The molecule has 0 saturated heterocycles. The summed E-state index contributed by atoms with van der Waals surface area (Å²) in [6, 6.07) is 8.87. The van der Waals surface area contributed by atoms with Crippen molar-refractivity contribution in [3.8, 4) is 0 Å². The molecule has 0 spiro atoms. The Labute approximate surface area is 128 Å². The van der Waals surface area contributed by atoms with Crippen molar-refractivity contribution >= 4 is 11.6 Å². The maximum atomic E-state index is 5.91. The van der Waals surface area contributed by atoms with Crippen LogP contribution in [0.15, 0.2) is 24.3 Å². The van der Waals surface area contributed by atoms with Crippen LogP contribution in [0.1, 0.15) is 38.2 Å². The lowest BCUT2D eigenvalue weighted by molar-refractivity contribution is 0.258. The van der Waals surface area contributed by atoms with Crippen LogP contribution in [0, 0.1) is 5.92 Å². The van der Waals surface area contributed by atoms with Crippen LogP contribution in [0.3, 0.4) is 0 Å². The monoisotopic (exact) mass is 294 g/mol. The van der Waals surface area contributed by atoms with Crippen molar-refractivity contribution in [3.05, 3.63) is 34.9 Å². The van der Waals surface area contributed by atoms with E-state index in [1.807, 2.05) is 12.1 Å². The molecule has 0 aromatic heterocycles. The van der Waals surface area contributed by atoms with Crippen LogP contribution in [-0.2, 0) is 6.54 Å². The molecule has 20 heavy (non-hydrogen) atoms. The molecule has 2 rings (SSSR count). The normalized spacial score (nSPS) is 23.2. The highest BCUT2D eigenvalue weighted by Gasteiger charge is 2.20. The molecule has 2 atom stereocenters. The Morgan fingerprint density at radius 3 is 2.60 bits per heavy atom. The van der Waals surface area contributed by atoms with Gasteiger partial charge in [0.05, 0.1) is 0 Å². The smallest absolute Gasteiger partial charge is 0.0406 e. The van der Waals surface area contributed by atoms with Crippen LogP contribution < -0.4 is 5.32 Å². The van der Waals surface area contributed by atoms with Crippen molar-refractivity contribution < 1.29 is 0 Å². The summed E-state index contributed by atoms with van der Waals surface area (Å²) in [5, 5.41) is 4.54. The fraction of sp³-hybridized carbons (Fsp3) is 0.647. The molecule has 2 nitrogen and oxygen atoms in total. The molecule has 0 bridgehead atoms. The van der Waals surface area contributed by atoms with Crippen LogP contribution in [0.4, 0.5) is 0 Å².